The molecular weight excluding hydrogens is 482 g/mol. The second-order valence-electron chi connectivity index (χ2n) is 6.06. The van der Waals surface area contributed by atoms with E-state index < -0.39 is 20.6 Å². The SMILES string of the molecule is O=S(=O)(O)C(c1ccccc1Cl)(c1cc(O)ccc1Cl)c1ccc(Cl)c(Cl)c1O. The summed E-state index contributed by atoms with van der Waals surface area (Å²) in [6, 6.07) is 11.8. The topological polar surface area (TPSA) is 94.8 Å². The third kappa shape index (κ3) is 3.54. The van der Waals surface area contributed by atoms with E-state index in [-0.39, 0.29) is 42.5 Å². The molecule has 0 aliphatic rings. The zero-order valence-corrected chi connectivity index (χ0v) is 18.1. The number of hydrogen-bond acceptors (Lipinski definition) is 4. The minimum Gasteiger partial charge on any atom is -0.508 e. The molecule has 10 heteroatoms. The number of phenols is 2. The second-order valence-corrected chi connectivity index (χ2v) is 9.22. The fourth-order valence-electron chi connectivity index (χ4n) is 3.21. The van der Waals surface area contributed by atoms with Gasteiger partial charge in [-0.25, -0.2) is 0 Å². The van der Waals surface area contributed by atoms with Crippen molar-refractivity contribution >= 4 is 56.5 Å². The van der Waals surface area contributed by atoms with Crippen LogP contribution in [0.5, 0.6) is 11.5 Å². The highest BCUT2D eigenvalue weighted by atomic mass is 35.5. The molecule has 3 aromatic rings. The average molecular weight is 494 g/mol. The van der Waals surface area contributed by atoms with E-state index in [1.807, 2.05) is 0 Å². The van der Waals surface area contributed by atoms with Gasteiger partial charge in [0.2, 0.25) is 0 Å². The van der Waals surface area contributed by atoms with E-state index in [9.17, 15) is 23.2 Å². The summed E-state index contributed by atoms with van der Waals surface area (Å²) < 4.78 is 33.9. The minimum atomic E-state index is -5.14. The number of benzene rings is 3. The fourth-order valence-corrected chi connectivity index (χ4v) is 5.52. The van der Waals surface area contributed by atoms with E-state index in [0.717, 1.165) is 6.07 Å². The summed E-state index contributed by atoms with van der Waals surface area (Å²) >= 11 is 24.6. The Morgan fingerprint density at radius 3 is 1.93 bits per heavy atom. The van der Waals surface area contributed by atoms with Crippen molar-refractivity contribution in [1.82, 2.24) is 0 Å². The molecule has 0 heterocycles. The summed E-state index contributed by atoms with van der Waals surface area (Å²) in [5.41, 5.74) is -0.719. The average Bonchev–Trinajstić information content (AvgIpc) is 2.65. The van der Waals surface area contributed by atoms with Crippen LogP contribution in [0, 0.1) is 0 Å². The Hall–Kier alpha value is -1.67. The Kier molecular flexibility index (Phi) is 5.98. The normalized spacial score (nSPS) is 13.8. The number of halogens is 4. The van der Waals surface area contributed by atoms with Crippen molar-refractivity contribution < 1.29 is 23.2 Å². The van der Waals surface area contributed by atoms with Crippen LogP contribution in [0.3, 0.4) is 0 Å². The minimum absolute atomic E-state index is 0.0432. The second kappa shape index (κ2) is 7.87. The first-order valence-electron chi connectivity index (χ1n) is 7.90. The van der Waals surface area contributed by atoms with Crippen LogP contribution in [0.25, 0.3) is 0 Å². The molecule has 29 heavy (non-hydrogen) atoms. The first-order valence-corrected chi connectivity index (χ1v) is 10.9. The zero-order valence-electron chi connectivity index (χ0n) is 14.3. The number of hydrogen-bond donors (Lipinski definition) is 3. The van der Waals surface area contributed by atoms with E-state index >= 15 is 0 Å². The van der Waals surface area contributed by atoms with Crippen molar-refractivity contribution in [2.24, 2.45) is 0 Å². The van der Waals surface area contributed by atoms with Gasteiger partial charge in [0.25, 0.3) is 10.1 Å². The predicted molar refractivity (Wildman–Crippen MR) is 114 cm³/mol. The molecule has 0 amide bonds. The molecule has 152 valence electrons. The number of aromatic hydroxyl groups is 2. The van der Waals surface area contributed by atoms with Crippen molar-refractivity contribution in [2.75, 3.05) is 0 Å². The molecule has 0 saturated heterocycles. The number of phenolic OH excluding ortho intramolecular Hbond substituents is 2. The maximum absolute atomic E-state index is 13.0. The van der Waals surface area contributed by atoms with Crippen LogP contribution in [0.2, 0.25) is 20.1 Å². The third-order valence-electron chi connectivity index (χ3n) is 4.42. The van der Waals surface area contributed by atoms with Gasteiger partial charge in [-0.1, -0.05) is 70.7 Å². The van der Waals surface area contributed by atoms with Crippen LogP contribution in [0.15, 0.2) is 54.6 Å². The van der Waals surface area contributed by atoms with E-state index in [2.05, 4.69) is 0 Å². The van der Waals surface area contributed by atoms with Gasteiger partial charge in [-0.15, -0.1) is 0 Å². The smallest absolute Gasteiger partial charge is 0.283 e. The van der Waals surface area contributed by atoms with Gasteiger partial charge in [-0.2, -0.15) is 8.42 Å². The van der Waals surface area contributed by atoms with Gasteiger partial charge in [-0.05, 0) is 30.3 Å². The molecule has 3 rings (SSSR count). The Morgan fingerprint density at radius 1 is 0.724 bits per heavy atom. The molecule has 3 aromatic carbocycles. The Labute approximate surface area is 186 Å². The van der Waals surface area contributed by atoms with Crippen molar-refractivity contribution in [3.8, 4) is 11.5 Å². The van der Waals surface area contributed by atoms with Gasteiger partial charge < -0.3 is 10.2 Å². The van der Waals surface area contributed by atoms with Gasteiger partial charge in [0.1, 0.15) is 16.5 Å². The fraction of sp³-hybridized carbons (Fsp3) is 0.0526. The van der Waals surface area contributed by atoms with Crippen LogP contribution in [0.4, 0.5) is 0 Å². The monoisotopic (exact) mass is 492 g/mol. The van der Waals surface area contributed by atoms with Gasteiger partial charge in [-0.3, -0.25) is 4.55 Å². The molecule has 0 fully saturated rings. The summed E-state index contributed by atoms with van der Waals surface area (Å²) in [5.74, 6) is -1.03. The van der Waals surface area contributed by atoms with Crippen molar-refractivity contribution in [1.29, 1.82) is 0 Å². The van der Waals surface area contributed by atoms with Crippen LogP contribution in [-0.4, -0.2) is 23.2 Å². The summed E-state index contributed by atoms with van der Waals surface area (Å²) in [6.45, 7) is 0. The van der Waals surface area contributed by atoms with Gasteiger partial charge in [0, 0.05) is 26.7 Å². The molecule has 0 spiro atoms. The molecule has 1 unspecified atom stereocenters. The Bertz CT molecular complexity index is 1210. The predicted octanol–water partition coefficient (Wildman–Crippen LogP) is 5.89. The summed E-state index contributed by atoms with van der Waals surface area (Å²) in [5, 5.41) is 20.2. The summed E-state index contributed by atoms with van der Waals surface area (Å²) in [6.07, 6.45) is 0. The van der Waals surface area contributed by atoms with Crippen LogP contribution in [-0.2, 0) is 14.9 Å². The maximum Gasteiger partial charge on any atom is 0.283 e. The molecule has 0 aromatic heterocycles. The highest BCUT2D eigenvalue weighted by Gasteiger charge is 2.52. The molecule has 5 nitrogen and oxygen atoms in total. The highest BCUT2D eigenvalue weighted by Crippen LogP contribution is 2.53. The molecular formula is C19H12Cl4O5S. The zero-order chi connectivity index (χ0) is 21.6. The Balaban J connectivity index is 2.66. The largest absolute Gasteiger partial charge is 0.508 e. The van der Waals surface area contributed by atoms with Crippen molar-refractivity contribution in [2.45, 2.75) is 4.75 Å². The lowest BCUT2D eigenvalue weighted by Gasteiger charge is -2.34. The molecule has 3 N–H and O–H groups in total. The van der Waals surface area contributed by atoms with Gasteiger partial charge in [0.15, 0.2) is 4.75 Å². The summed E-state index contributed by atoms with van der Waals surface area (Å²) in [7, 11) is -5.14. The van der Waals surface area contributed by atoms with Crippen LogP contribution >= 0.6 is 46.4 Å². The van der Waals surface area contributed by atoms with E-state index in [1.165, 1.54) is 42.5 Å². The lowest BCUT2D eigenvalue weighted by Crippen LogP contribution is -2.39. The molecule has 0 aliphatic heterocycles. The van der Waals surface area contributed by atoms with Crippen LogP contribution in [0.1, 0.15) is 16.7 Å². The lowest BCUT2D eigenvalue weighted by molar-refractivity contribution is 0.439. The van der Waals surface area contributed by atoms with Crippen molar-refractivity contribution in [3.63, 3.8) is 0 Å². The van der Waals surface area contributed by atoms with Crippen molar-refractivity contribution in [3.05, 3.63) is 91.4 Å². The van der Waals surface area contributed by atoms with Gasteiger partial charge >= 0.3 is 0 Å². The molecule has 0 radical (unpaired) electrons. The molecule has 0 saturated carbocycles. The first kappa shape index (κ1) is 22.0. The maximum atomic E-state index is 13.0. The lowest BCUT2D eigenvalue weighted by atomic mass is 9.83. The Morgan fingerprint density at radius 2 is 1.31 bits per heavy atom. The third-order valence-corrected chi connectivity index (χ3v) is 7.30. The quantitative estimate of drug-likeness (QED) is 0.311. The molecule has 1 atom stereocenters. The summed E-state index contributed by atoms with van der Waals surface area (Å²) in [4.78, 5) is 0. The van der Waals surface area contributed by atoms with E-state index in [0.29, 0.717) is 0 Å². The van der Waals surface area contributed by atoms with Gasteiger partial charge in [0.05, 0.1) is 5.02 Å². The van der Waals surface area contributed by atoms with Crippen LogP contribution < -0.4 is 0 Å². The molecule has 0 aliphatic carbocycles. The molecule has 0 bridgehead atoms. The van der Waals surface area contributed by atoms with E-state index in [4.69, 9.17) is 46.4 Å². The van der Waals surface area contributed by atoms with E-state index in [1.54, 1.807) is 6.07 Å². The highest BCUT2D eigenvalue weighted by molar-refractivity contribution is 7.87. The first-order chi connectivity index (χ1) is 13.5. The number of rotatable bonds is 4. The standard InChI is InChI=1S/C19H12Cl4O5S/c20-14-4-2-1-3-11(14)19(29(26,27)28,13-9-10(24)5-7-15(13)21)12-6-8-16(22)17(23)18(12)25/h1-9,24-25H,(H,26,27,28).